The maximum Gasteiger partial charge on any atom is 0.159 e. The molecule has 0 aliphatic heterocycles. The number of hydrogen-bond acceptors (Lipinski definition) is 5. The van der Waals surface area contributed by atoms with Crippen molar-refractivity contribution in [3.8, 4) is 45.5 Å². The number of rotatable bonds is 9. The van der Waals surface area contributed by atoms with Gasteiger partial charge in [0.25, 0.3) is 0 Å². The van der Waals surface area contributed by atoms with Crippen LogP contribution in [-0.2, 0) is 0 Å². The van der Waals surface area contributed by atoms with Gasteiger partial charge >= 0.3 is 0 Å². The van der Waals surface area contributed by atoms with Crippen LogP contribution in [0.1, 0.15) is 11.1 Å². The first-order valence-electron chi connectivity index (χ1n) is 26.5. The van der Waals surface area contributed by atoms with Gasteiger partial charge < -0.3 is 14.2 Å². The minimum Gasteiger partial charge on any atom is -0.454 e. The van der Waals surface area contributed by atoms with Crippen LogP contribution in [0.2, 0.25) is 0 Å². The Morgan fingerprint density at radius 1 is 0.291 bits per heavy atom. The van der Waals surface area contributed by atoms with Crippen molar-refractivity contribution in [3.63, 3.8) is 0 Å². The lowest BCUT2D eigenvalue weighted by Gasteiger charge is -2.26. The standard InChI is InChI=1S/C74H44N4O/c75-45-53-43-67(51-31-35-56(36-32-51)77(55-18-5-2-6-19-55)59-39-28-48-16-7-8-17-52(48)42-59)71-63-22-10-9-21-62(63)70-54(46-76)44-66(64-41-40-60(53)72(71)73(64)70)50-29-37-58(38-30-50)78(57-33-26-49(27-34-57)47-14-3-1-4-15-47)68-24-13-23-65-61-20-11-12-25-69(61)79-74(65)68/h1-44H. The zero-order chi connectivity index (χ0) is 52.6. The summed E-state index contributed by atoms with van der Waals surface area (Å²) in [7, 11) is 0. The van der Waals surface area contributed by atoms with Crippen molar-refractivity contribution in [3.05, 3.63) is 278 Å². The van der Waals surface area contributed by atoms with Crippen LogP contribution in [0.3, 0.4) is 0 Å². The molecule has 0 amide bonds. The second kappa shape index (κ2) is 18.4. The van der Waals surface area contributed by atoms with E-state index in [1.807, 2.05) is 24.3 Å². The highest BCUT2D eigenvalue weighted by Gasteiger charge is 2.25. The Morgan fingerprint density at radius 2 is 0.797 bits per heavy atom. The number of nitrogens with zero attached hydrogens (tertiary/aromatic N) is 4. The highest BCUT2D eigenvalue weighted by Crippen LogP contribution is 2.50. The average Bonchev–Trinajstić information content (AvgIpc) is 4.05. The van der Waals surface area contributed by atoms with E-state index in [4.69, 9.17) is 4.42 Å². The molecule has 0 unspecified atom stereocenters. The molecule has 0 aliphatic carbocycles. The first kappa shape index (κ1) is 45.4. The molecule has 14 aromatic carbocycles. The Kier molecular flexibility index (Phi) is 10.6. The average molecular weight is 1010 g/mol. The molecule has 15 aromatic rings. The molecule has 0 spiro atoms. The highest BCUT2D eigenvalue weighted by atomic mass is 16.3. The maximum absolute atomic E-state index is 11.2. The fourth-order valence-electron chi connectivity index (χ4n) is 12.2. The number of nitriles is 2. The second-order valence-corrected chi connectivity index (χ2v) is 20.2. The minimum atomic E-state index is 0.580. The van der Waals surface area contributed by atoms with E-state index in [9.17, 15) is 10.5 Å². The molecular formula is C74H44N4O. The van der Waals surface area contributed by atoms with Crippen molar-refractivity contribution < 1.29 is 4.42 Å². The first-order valence-corrected chi connectivity index (χ1v) is 26.5. The van der Waals surface area contributed by atoms with Crippen LogP contribution in [0.4, 0.5) is 34.1 Å². The fourth-order valence-corrected chi connectivity index (χ4v) is 12.2. The predicted molar refractivity (Wildman–Crippen MR) is 328 cm³/mol. The van der Waals surface area contributed by atoms with Crippen LogP contribution in [0.25, 0.3) is 109 Å². The summed E-state index contributed by atoms with van der Waals surface area (Å²) >= 11 is 0. The molecular weight excluding hydrogens is 961 g/mol. The van der Waals surface area contributed by atoms with E-state index in [1.165, 1.54) is 10.8 Å². The van der Waals surface area contributed by atoms with Crippen molar-refractivity contribution in [1.29, 1.82) is 10.5 Å². The van der Waals surface area contributed by atoms with E-state index in [1.54, 1.807) is 0 Å². The van der Waals surface area contributed by atoms with E-state index in [2.05, 4.69) is 265 Å². The zero-order valence-electron chi connectivity index (χ0n) is 42.6. The topological polar surface area (TPSA) is 67.2 Å². The molecule has 79 heavy (non-hydrogen) atoms. The molecule has 0 atom stereocenters. The molecule has 0 bridgehead atoms. The van der Waals surface area contributed by atoms with Crippen molar-refractivity contribution in [2.75, 3.05) is 9.80 Å². The number of furan rings is 1. The number of para-hydroxylation sites is 3. The second-order valence-electron chi connectivity index (χ2n) is 20.2. The molecule has 0 N–H and O–H groups in total. The van der Waals surface area contributed by atoms with Gasteiger partial charge in [0.05, 0.1) is 29.0 Å². The Labute approximate surface area is 455 Å². The summed E-state index contributed by atoms with van der Waals surface area (Å²) in [6, 6.07) is 98.5. The maximum atomic E-state index is 11.2. The first-order chi connectivity index (χ1) is 39.1. The smallest absolute Gasteiger partial charge is 0.159 e. The van der Waals surface area contributed by atoms with E-state index in [-0.39, 0.29) is 0 Å². The van der Waals surface area contributed by atoms with Crippen LogP contribution in [0, 0.1) is 22.7 Å². The third-order valence-electron chi connectivity index (χ3n) is 15.8. The van der Waals surface area contributed by atoms with E-state index < -0.39 is 0 Å². The SMILES string of the molecule is N#Cc1cc(-c2ccc(N(c3ccccc3)c3ccc4ccccc4c3)cc2)c2c3ccccc3c3c(C#N)cc(-c4ccc(N(c5ccc(-c6ccccc6)cc5)c5cccc6c5oc5ccccc56)cc4)c4ccc1c2c43. The molecule has 1 heterocycles. The van der Waals surface area contributed by atoms with E-state index in [0.29, 0.717) is 11.1 Å². The molecule has 366 valence electrons. The number of benzene rings is 14. The summed E-state index contributed by atoms with van der Waals surface area (Å²) < 4.78 is 6.67. The van der Waals surface area contributed by atoms with Crippen molar-refractivity contribution in [2.45, 2.75) is 0 Å². The van der Waals surface area contributed by atoms with Crippen molar-refractivity contribution >= 4 is 110 Å². The molecule has 0 saturated heterocycles. The van der Waals surface area contributed by atoms with E-state index >= 15 is 0 Å². The van der Waals surface area contributed by atoms with Gasteiger partial charge in [-0.3, -0.25) is 0 Å². The molecule has 0 radical (unpaired) electrons. The van der Waals surface area contributed by atoms with E-state index in [0.717, 1.165) is 133 Å². The van der Waals surface area contributed by atoms with Gasteiger partial charge in [-0.2, -0.15) is 10.5 Å². The van der Waals surface area contributed by atoms with Crippen LogP contribution in [-0.4, -0.2) is 0 Å². The number of fused-ring (bicyclic) bond motifs is 7. The zero-order valence-corrected chi connectivity index (χ0v) is 42.6. The highest BCUT2D eigenvalue weighted by molar-refractivity contribution is 6.38. The third kappa shape index (κ3) is 7.37. The lowest BCUT2D eigenvalue weighted by atomic mass is 9.81. The molecule has 0 saturated carbocycles. The fraction of sp³-hybridized carbons (Fsp3) is 0. The summed E-state index contributed by atoms with van der Waals surface area (Å²) in [6.45, 7) is 0. The van der Waals surface area contributed by atoms with Gasteiger partial charge in [0.15, 0.2) is 5.58 Å². The molecule has 0 aliphatic rings. The normalized spacial score (nSPS) is 11.5. The number of hydrogen-bond donors (Lipinski definition) is 0. The Hall–Kier alpha value is -11.0. The van der Waals surface area contributed by atoms with Crippen LogP contribution in [0.15, 0.2) is 271 Å². The van der Waals surface area contributed by atoms with Crippen molar-refractivity contribution in [2.24, 2.45) is 0 Å². The minimum absolute atomic E-state index is 0.580. The number of anilines is 6. The van der Waals surface area contributed by atoms with Gasteiger partial charge in [-0.05, 0) is 161 Å². The summed E-state index contributed by atoms with van der Waals surface area (Å²) in [5.41, 5.74) is 14.9. The summed E-state index contributed by atoms with van der Waals surface area (Å²) in [5, 5.41) is 34.5. The largest absolute Gasteiger partial charge is 0.454 e. The molecule has 15 rings (SSSR count). The van der Waals surface area contributed by atoms with Crippen LogP contribution >= 0.6 is 0 Å². The molecule has 5 heteroatoms. The predicted octanol–water partition coefficient (Wildman–Crippen LogP) is 20.5. The van der Waals surface area contributed by atoms with Gasteiger partial charge in [-0.1, -0.05) is 182 Å². The summed E-state index contributed by atoms with van der Waals surface area (Å²) in [4.78, 5) is 4.55. The van der Waals surface area contributed by atoms with Gasteiger partial charge in [0.1, 0.15) is 5.58 Å². The van der Waals surface area contributed by atoms with Gasteiger partial charge in [0.2, 0.25) is 0 Å². The lowest BCUT2D eigenvalue weighted by molar-refractivity contribution is 0.669. The summed E-state index contributed by atoms with van der Waals surface area (Å²) in [5.74, 6) is 0. The Balaban J connectivity index is 0.895. The Bertz CT molecular complexity index is 4960. The van der Waals surface area contributed by atoms with Crippen molar-refractivity contribution in [1.82, 2.24) is 0 Å². The van der Waals surface area contributed by atoms with Gasteiger partial charge in [-0.25, -0.2) is 0 Å². The molecule has 1 aromatic heterocycles. The van der Waals surface area contributed by atoms with Crippen LogP contribution < -0.4 is 9.80 Å². The van der Waals surface area contributed by atoms with Gasteiger partial charge in [0, 0.05) is 50.0 Å². The lowest BCUT2D eigenvalue weighted by Crippen LogP contribution is -2.10. The Morgan fingerprint density at radius 3 is 1.51 bits per heavy atom. The summed E-state index contributed by atoms with van der Waals surface area (Å²) in [6.07, 6.45) is 0. The quantitative estimate of drug-likeness (QED) is 0.106. The molecule has 0 fully saturated rings. The van der Waals surface area contributed by atoms with Crippen LogP contribution in [0.5, 0.6) is 0 Å². The molecule has 5 nitrogen and oxygen atoms in total. The third-order valence-corrected chi connectivity index (χ3v) is 15.8. The van der Waals surface area contributed by atoms with Gasteiger partial charge in [-0.15, -0.1) is 0 Å². The monoisotopic (exact) mass is 1000 g/mol.